The van der Waals surface area contributed by atoms with Gasteiger partial charge in [-0.05, 0) is 12.8 Å². The van der Waals surface area contributed by atoms with Crippen LogP contribution in [-0.2, 0) is 13.8 Å². The van der Waals surface area contributed by atoms with E-state index in [1.807, 2.05) is 4.90 Å². The predicted molar refractivity (Wildman–Crippen MR) is 73.3 cm³/mol. The predicted octanol–water partition coefficient (Wildman–Crippen LogP) is -0.137. The summed E-state index contributed by atoms with van der Waals surface area (Å²) in [5, 5.41) is 3.11. The van der Waals surface area contributed by atoms with Crippen LogP contribution in [0.1, 0.15) is 12.8 Å². The van der Waals surface area contributed by atoms with Crippen molar-refractivity contribution in [2.45, 2.75) is 25.2 Å². The summed E-state index contributed by atoms with van der Waals surface area (Å²) in [5.74, 6) is 1.05. The summed E-state index contributed by atoms with van der Waals surface area (Å²) in [6.07, 6.45) is 2.15. The number of nitrogens with two attached hydrogens (primary N) is 1. The number of nitrogens with zero attached hydrogens (tertiary/aromatic N) is 3. The normalized spacial score (nSPS) is 25.0. The van der Waals surface area contributed by atoms with Crippen molar-refractivity contribution in [3.63, 3.8) is 0 Å². The molecule has 0 amide bonds. The largest absolute Gasteiger partial charge is 0.469 e. The molecule has 0 aliphatic carbocycles. The molecular weight excluding hydrogens is 301 g/mol. The smallest absolute Gasteiger partial charge is 0.382 e. The van der Waals surface area contributed by atoms with Crippen molar-refractivity contribution in [1.82, 2.24) is 9.97 Å². The van der Waals surface area contributed by atoms with Crippen molar-refractivity contribution in [3.05, 3.63) is 6.33 Å². The van der Waals surface area contributed by atoms with Gasteiger partial charge in [0.1, 0.15) is 18.2 Å². The number of nitrogen functional groups attached to an aromatic ring is 1. The molecule has 1 unspecified atom stereocenters. The number of phosphoric ester groups is 1. The fraction of sp³-hybridized carbons (Fsp3) is 0.600. The first-order valence-electron chi connectivity index (χ1n) is 6.40. The molecule has 0 aromatic carbocycles. The summed E-state index contributed by atoms with van der Waals surface area (Å²) in [4.78, 5) is 27.4. The van der Waals surface area contributed by atoms with Crippen molar-refractivity contribution < 1.29 is 23.6 Å². The molecule has 3 rings (SSSR count). The molecular formula is C10H16N5O5P. The minimum atomic E-state index is -4.47. The first-order valence-corrected chi connectivity index (χ1v) is 7.93. The van der Waals surface area contributed by atoms with Crippen LogP contribution >= 0.6 is 7.82 Å². The lowest BCUT2D eigenvalue weighted by molar-refractivity contribution is 0.0106. The molecule has 1 aromatic heterocycles. The van der Waals surface area contributed by atoms with E-state index in [2.05, 4.69) is 19.8 Å². The highest BCUT2D eigenvalue weighted by molar-refractivity contribution is 7.46. The first-order chi connectivity index (χ1) is 9.94. The molecule has 5 N–H and O–H groups in total. The van der Waals surface area contributed by atoms with Crippen molar-refractivity contribution in [2.24, 2.45) is 0 Å². The second-order valence-corrected chi connectivity index (χ2v) is 6.08. The Kier molecular flexibility index (Phi) is 3.72. The zero-order valence-electron chi connectivity index (χ0n) is 11.0. The van der Waals surface area contributed by atoms with Gasteiger partial charge in [0.25, 0.3) is 0 Å². The number of hydrogen-bond donors (Lipinski definition) is 4. The lowest BCUT2D eigenvalue weighted by Gasteiger charge is -2.24. The molecule has 1 fully saturated rings. The van der Waals surface area contributed by atoms with E-state index in [1.165, 1.54) is 6.33 Å². The highest BCUT2D eigenvalue weighted by atomic mass is 31.2. The molecule has 1 aromatic rings. The molecule has 0 spiro atoms. The van der Waals surface area contributed by atoms with E-state index in [-0.39, 0.29) is 18.9 Å². The molecule has 1 saturated heterocycles. The van der Waals surface area contributed by atoms with Crippen LogP contribution in [0.3, 0.4) is 0 Å². The third-order valence-electron chi connectivity index (χ3n) is 3.42. The molecule has 2 aliphatic heterocycles. The maximum atomic E-state index is 10.7. The molecule has 3 heterocycles. The van der Waals surface area contributed by atoms with Gasteiger partial charge < -0.3 is 30.5 Å². The van der Waals surface area contributed by atoms with Crippen LogP contribution in [0.4, 0.5) is 17.3 Å². The Morgan fingerprint density at radius 3 is 3.10 bits per heavy atom. The van der Waals surface area contributed by atoms with Gasteiger partial charge in [0.05, 0.1) is 19.4 Å². The van der Waals surface area contributed by atoms with Gasteiger partial charge in [0.2, 0.25) is 0 Å². The van der Waals surface area contributed by atoms with Gasteiger partial charge in [0.15, 0.2) is 11.6 Å². The monoisotopic (exact) mass is 317 g/mol. The lowest BCUT2D eigenvalue weighted by atomic mass is 10.2. The summed E-state index contributed by atoms with van der Waals surface area (Å²) in [5.41, 5.74) is 6.44. The van der Waals surface area contributed by atoms with Crippen LogP contribution in [0.5, 0.6) is 0 Å². The van der Waals surface area contributed by atoms with E-state index in [0.717, 1.165) is 0 Å². The summed E-state index contributed by atoms with van der Waals surface area (Å²) in [6.45, 7) is 0.357. The SMILES string of the molecule is Nc1ncnc2c1NCN2C1CC[C@@H](COP(=O)(O)O)O1. The number of nitrogens with one attached hydrogen (secondary N) is 1. The van der Waals surface area contributed by atoms with E-state index in [9.17, 15) is 4.57 Å². The zero-order valence-corrected chi connectivity index (χ0v) is 11.9. The highest BCUT2D eigenvalue weighted by Gasteiger charge is 2.36. The molecule has 0 radical (unpaired) electrons. The standard InChI is InChI=1S/C10H16N5O5P/c11-9-8-10(13-4-12-9)15(5-14-8)7-2-1-6(20-7)3-19-21(16,17)18/h4,6-7,14H,1-3,5H2,(H2,11,12,13)(H2,16,17,18)/t6-,7?/m0/s1. The number of hydrogen-bond acceptors (Lipinski definition) is 8. The minimum Gasteiger partial charge on any atom is -0.382 e. The summed E-state index contributed by atoms with van der Waals surface area (Å²) in [7, 11) is -4.47. The Bertz CT molecular complexity index is 581. The van der Waals surface area contributed by atoms with Gasteiger partial charge in [0, 0.05) is 0 Å². The van der Waals surface area contributed by atoms with Crippen LogP contribution in [0, 0.1) is 0 Å². The van der Waals surface area contributed by atoms with Crippen LogP contribution in [0.25, 0.3) is 0 Å². The first kappa shape index (κ1) is 14.5. The Labute approximate surface area is 120 Å². The maximum absolute atomic E-state index is 10.7. The fourth-order valence-electron chi connectivity index (χ4n) is 2.47. The van der Waals surface area contributed by atoms with E-state index in [1.54, 1.807) is 0 Å². The van der Waals surface area contributed by atoms with Crippen LogP contribution < -0.4 is 16.0 Å². The van der Waals surface area contributed by atoms with Crippen molar-refractivity contribution in [3.8, 4) is 0 Å². The van der Waals surface area contributed by atoms with Crippen molar-refractivity contribution in [1.29, 1.82) is 0 Å². The quantitative estimate of drug-likeness (QED) is 0.554. The molecule has 2 atom stereocenters. The minimum absolute atomic E-state index is 0.138. The molecule has 21 heavy (non-hydrogen) atoms. The Hall–Kier alpha value is -1.45. The molecule has 2 aliphatic rings. The topological polar surface area (TPSA) is 143 Å². The number of fused-ring (bicyclic) bond motifs is 1. The lowest BCUT2D eigenvalue weighted by Crippen LogP contribution is -2.36. The van der Waals surface area contributed by atoms with E-state index < -0.39 is 7.82 Å². The molecule has 116 valence electrons. The Morgan fingerprint density at radius 2 is 2.33 bits per heavy atom. The van der Waals surface area contributed by atoms with Crippen molar-refractivity contribution in [2.75, 3.05) is 29.2 Å². The summed E-state index contributed by atoms with van der Waals surface area (Å²) >= 11 is 0. The van der Waals surface area contributed by atoms with Crippen LogP contribution in [-0.4, -0.2) is 45.4 Å². The van der Waals surface area contributed by atoms with Crippen LogP contribution in [0.2, 0.25) is 0 Å². The average Bonchev–Trinajstić information content (AvgIpc) is 3.02. The number of phosphoric acid groups is 1. The number of aromatic nitrogens is 2. The summed E-state index contributed by atoms with van der Waals surface area (Å²) in [6, 6.07) is 0. The van der Waals surface area contributed by atoms with E-state index in [0.29, 0.717) is 36.8 Å². The second-order valence-electron chi connectivity index (χ2n) is 4.84. The van der Waals surface area contributed by atoms with Crippen molar-refractivity contribution >= 4 is 25.1 Å². The number of ether oxygens (including phenoxy) is 1. The van der Waals surface area contributed by atoms with Gasteiger partial charge in [-0.1, -0.05) is 0 Å². The fourth-order valence-corrected chi connectivity index (χ4v) is 2.83. The second kappa shape index (κ2) is 5.39. The van der Waals surface area contributed by atoms with Gasteiger partial charge in [-0.2, -0.15) is 0 Å². The Morgan fingerprint density at radius 1 is 1.52 bits per heavy atom. The molecule has 0 bridgehead atoms. The molecule has 10 nitrogen and oxygen atoms in total. The molecule has 11 heteroatoms. The number of rotatable bonds is 4. The van der Waals surface area contributed by atoms with Gasteiger partial charge in [-0.15, -0.1) is 0 Å². The highest BCUT2D eigenvalue weighted by Crippen LogP contribution is 2.39. The zero-order chi connectivity index (χ0) is 15.0. The van der Waals surface area contributed by atoms with E-state index in [4.69, 9.17) is 20.3 Å². The molecule has 0 saturated carbocycles. The summed E-state index contributed by atoms with van der Waals surface area (Å²) < 4.78 is 20.9. The van der Waals surface area contributed by atoms with Gasteiger partial charge in [-0.3, -0.25) is 4.52 Å². The number of anilines is 3. The third kappa shape index (κ3) is 3.09. The van der Waals surface area contributed by atoms with Gasteiger partial charge in [-0.25, -0.2) is 14.5 Å². The van der Waals surface area contributed by atoms with Gasteiger partial charge >= 0.3 is 7.82 Å². The average molecular weight is 317 g/mol. The third-order valence-corrected chi connectivity index (χ3v) is 3.90. The van der Waals surface area contributed by atoms with E-state index >= 15 is 0 Å². The maximum Gasteiger partial charge on any atom is 0.469 e. The van der Waals surface area contributed by atoms with Crippen LogP contribution in [0.15, 0.2) is 6.33 Å². The Balaban J connectivity index is 1.63.